The Kier molecular flexibility index (Phi) is 6.05. The molecule has 0 fully saturated rings. The lowest BCUT2D eigenvalue weighted by Crippen LogP contribution is -2.37. The van der Waals surface area contributed by atoms with E-state index in [0.29, 0.717) is 19.0 Å². The first-order valence-corrected chi connectivity index (χ1v) is 10.3. The van der Waals surface area contributed by atoms with Crippen LogP contribution in [0.15, 0.2) is 29.0 Å². The van der Waals surface area contributed by atoms with Gasteiger partial charge in [-0.05, 0) is 17.5 Å². The van der Waals surface area contributed by atoms with Gasteiger partial charge in [-0.15, -0.1) is 22.7 Å². The number of hydrogen-bond acceptors (Lipinski definition) is 5. The van der Waals surface area contributed by atoms with E-state index in [9.17, 15) is 4.79 Å². The zero-order valence-electron chi connectivity index (χ0n) is 15.2. The first kappa shape index (κ1) is 18.6. The van der Waals surface area contributed by atoms with E-state index in [4.69, 9.17) is 0 Å². The molecule has 0 aliphatic heterocycles. The minimum atomic E-state index is -0.100. The second kappa shape index (κ2) is 8.46. The number of nitrogens with one attached hydrogen (secondary N) is 2. The summed E-state index contributed by atoms with van der Waals surface area (Å²) in [6.45, 7) is 5.34. The number of H-pyrrole nitrogens is 1. The van der Waals surface area contributed by atoms with Crippen molar-refractivity contribution in [3.63, 3.8) is 0 Å². The van der Waals surface area contributed by atoms with Gasteiger partial charge in [0.2, 0.25) is 0 Å². The van der Waals surface area contributed by atoms with E-state index in [1.165, 1.54) is 0 Å². The van der Waals surface area contributed by atoms with Gasteiger partial charge in [-0.25, -0.2) is 9.78 Å². The van der Waals surface area contributed by atoms with E-state index in [1.807, 2.05) is 23.6 Å². The Morgan fingerprint density at radius 3 is 2.92 bits per heavy atom. The normalized spacial score (nSPS) is 11.1. The third-order valence-corrected chi connectivity index (χ3v) is 5.97. The molecule has 0 saturated heterocycles. The third-order valence-electron chi connectivity index (χ3n) is 3.88. The molecule has 0 spiro atoms. The van der Waals surface area contributed by atoms with Crippen LogP contribution in [0.2, 0.25) is 0 Å². The van der Waals surface area contributed by atoms with Crippen LogP contribution in [0, 0.1) is 0 Å². The fourth-order valence-electron chi connectivity index (χ4n) is 2.46. The van der Waals surface area contributed by atoms with Crippen molar-refractivity contribution in [2.75, 3.05) is 13.6 Å². The molecule has 0 aliphatic rings. The molecule has 26 heavy (non-hydrogen) atoms. The summed E-state index contributed by atoms with van der Waals surface area (Å²) in [7, 11) is 1.78. The van der Waals surface area contributed by atoms with Crippen molar-refractivity contribution in [3.8, 4) is 10.6 Å². The number of aromatic nitrogens is 3. The summed E-state index contributed by atoms with van der Waals surface area (Å²) in [4.78, 5) is 19.6. The minimum absolute atomic E-state index is 0.100. The van der Waals surface area contributed by atoms with Crippen molar-refractivity contribution in [1.82, 2.24) is 25.4 Å². The Hall–Kier alpha value is -2.19. The zero-order valence-corrected chi connectivity index (χ0v) is 16.8. The number of thiophene rings is 1. The molecule has 0 bridgehead atoms. The van der Waals surface area contributed by atoms with Gasteiger partial charge in [0, 0.05) is 31.3 Å². The first-order valence-electron chi connectivity index (χ1n) is 8.54. The van der Waals surface area contributed by atoms with Crippen LogP contribution in [0.4, 0.5) is 4.79 Å². The number of rotatable bonds is 7. The summed E-state index contributed by atoms with van der Waals surface area (Å²) in [5.74, 6) is 0.447. The lowest BCUT2D eigenvalue weighted by molar-refractivity contribution is 0.206. The van der Waals surface area contributed by atoms with Gasteiger partial charge >= 0.3 is 6.03 Å². The van der Waals surface area contributed by atoms with Gasteiger partial charge in [0.05, 0.1) is 27.8 Å². The Bertz CT molecular complexity index is 838. The highest BCUT2D eigenvalue weighted by Crippen LogP contribution is 2.23. The molecular weight excluding hydrogens is 366 g/mol. The van der Waals surface area contributed by atoms with Crippen LogP contribution in [0.1, 0.15) is 36.2 Å². The highest BCUT2D eigenvalue weighted by Gasteiger charge is 2.12. The van der Waals surface area contributed by atoms with E-state index in [2.05, 4.69) is 39.7 Å². The summed E-state index contributed by atoms with van der Waals surface area (Å²) >= 11 is 3.33. The Morgan fingerprint density at radius 1 is 1.38 bits per heavy atom. The number of aromatic amines is 1. The van der Waals surface area contributed by atoms with Crippen LogP contribution in [0.3, 0.4) is 0 Å². The maximum atomic E-state index is 12.3. The molecule has 2 N–H and O–H groups in total. The van der Waals surface area contributed by atoms with Crippen molar-refractivity contribution >= 4 is 28.7 Å². The van der Waals surface area contributed by atoms with E-state index < -0.39 is 0 Å². The van der Waals surface area contributed by atoms with Crippen molar-refractivity contribution in [2.45, 2.75) is 32.7 Å². The molecule has 3 aromatic heterocycles. The average molecular weight is 390 g/mol. The molecule has 2 amide bonds. The molecule has 0 aliphatic carbocycles. The second-order valence-corrected chi connectivity index (χ2v) is 8.26. The molecule has 0 radical (unpaired) electrons. The number of amides is 2. The highest BCUT2D eigenvalue weighted by molar-refractivity contribution is 7.13. The van der Waals surface area contributed by atoms with E-state index >= 15 is 0 Å². The van der Waals surface area contributed by atoms with Crippen LogP contribution in [-0.4, -0.2) is 39.7 Å². The van der Waals surface area contributed by atoms with Gasteiger partial charge < -0.3 is 10.2 Å². The third kappa shape index (κ3) is 4.70. The van der Waals surface area contributed by atoms with Crippen LogP contribution in [0.25, 0.3) is 10.6 Å². The lowest BCUT2D eigenvalue weighted by atomic mass is 10.2. The van der Waals surface area contributed by atoms with E-state index in [-0.39, 0.29) is 6.03 Å². The molecule has 0 aromatic carbocycles. The SMILES string of the molecule is CC(C)c1nc(CCNC(=O)N(C)Cc2cc(-c3cccs3)n[nH]2)cs1. The van der Waals surface area contributed by atoms with Gasteiger partial charge in [-0.3, -0.25) is 5.10 Å². The van der Waals surface area contributed by atoms with E-state index in [1.54, 1.807) is 34.6 Å². The maximum Gasteiger partial charge on any atom is 0.317 e. The fraction of sp³-hybridized carbons (Fsp3) is 0.389. The number of urea groups is 1. The average Bonchev–Trinajstić information content (AvgIpc) is 3.35. The molecule has 3 heterocycles. The van der Waals surface area contributed by atoms with Crippen molar-refractivity contribution in [1.29, 1.82) is 0 Å². The van der Waals surface area contributed by atoms with Crippen LogP contribution >= 0.6 is 22.7 Å². The Morgan fingerprint density at radius 2 is 2.23 bits per heavy atom. The van der Waals surface area contributed by atoms with Crippen molar-refractivity contribution in [3.05, 3.63) is 45.4 Å². The molecular formula is C18H23N5OS2. The Balaban J connectivity index is 1.45. The molecule has 138 valence electrons. The smallest absolute Gasteiger partial charge is 0.317 e. The Labute approximate surface area is 161 Å². The maximum absolute atomic E-state index is 12.3. The lowest BCUT2D eigenvalue weighted by Gasteiger charge is -2.16. The summed E-state index contributed by atoms with van der Waals surface area (Å²) in [5.41, 5.74) is 2.86. The van der Waals surface area contributed by atoms with Crippen molar-refractivity contribution in [2.24, 2.45) is 0 Å². The summed E-state index contributed by atoms with van der Waals surface area (Å²) in [5, 5.41) is 15.5. The monoisotopic (exact) mass is 389 g/mol. The van der Waals surface area contributed by atoms with Gasteiger partial charge in [-0.2, -0.15) is 5.10 Å². The predicted molar refractivity (Wildman–Crippen MR) is 107 cm³/mol. The largest absolute Gasteiger partial charge is 0.338 e. The van der Waals surface area contributed by atoms with Gasteiger partial charge in [-0.1, -0.05) is 19.9 Å². The summed E-state index contributed by atoms with van der Waals surface area (Å²) in [6.07, 6.45) is 0.745. The topological polar surface area (TPSA) is 73.9 Å². The number of carbonyl (C=O) groups excluding carboxylic acids is 1. The molecule has 3 rings (SSSR count). The molecule has 0 unspecified atom stereocenters. The first-order chi connectivity index (χ1) is 12.5. The van der Waals surface area contributed by atoms with Gasteiger partial charge in [0.1, 0.15) is 5.69 Å². The van der Waals surface area contributed by atoms with Gasteiger partial charge in [0.15, 0.2) is 0 Å². The van der Waals surface area contributed by atoms with Crippen LogP contribution in [0.5, 0.6) is 0 Å². The van der Waals surface area contributed by atoms with Crippen LogP contribution < -0.4 is 5.32 Å². The highest BCUT2D eigenvalue weighted by atomic mass is 32.1. The molecule has 0 atom stereocenters. The standard InChI is InChI=1S/C18H23N5OS2/c1-12(2)17-20-13(11-26-17)6-7-19-18(24)23(3)10-14-9-15(22-21-14)16-5-4-8-25-16/h4-5,8-9,11-12H,6-7,10H2,1-3H3,(H,19,24)(H,21,22). The quantitative estimate of drug-likeness (QED) is 0.639. The summed E-state index contributed by atoms with van der Waals surface area (Å²) in [6, 6.07) is 5.92. The summed E-state index contributed by atoms with van der Waals surface area (Å²) < 4.78 is 0. The number of thiazole rings is 1. The number of carbonyl (C=O) groups is 1. The molecule has 0 saturated carbocycles. The predicted octanol–water partition coefficient (Wildman–Crippen LogP) is 4.10. The van der Waals surface area contributed by atoms with Crippen molar-refractivity contribution < 1.29 is 4.79 Å². The fourth-order valence-corrected chi connectivity index (χ4v) is 4.01. The number of hydrogen-bond donors (Lipinski definition) is 2. The molecule has 8 heteroatoms. The minimum Gasteiger partial charge on any atom is -0.338 e. The number of nitrogens with zero attached hydrogens (tertiary/aromatic N) is 3. The zero-order chi connectivity index (χ0) is 18.5. The molecule has 3 aromatic rings. The van der Waals surface area contributed by atoms with Crippen LogP contribution in [-0.2, 0) is 13.0 Å². The van der Waals surface area contributed by atoms with E-state index in [0.717, 1.165) is 33.4 Å². The van der Waals surface area contributed by atoms with Gasteiger partial charge in [0.25, 0.3) is 0 Å². The molecule has 6 nitrogen and oxygen atoms in total. The second-order valence-electron chi connectivity index (χ2n) is 6.43.